The first-order chi connectivity index (χ1) is 6.95. The van der Waals surface area contributed by atoms with Crippen molar-refractivity contribution in [2.45, 2.75) is 6.42 Å². The Bertz CT molecular complexity index is 255. The topological polar surface area (TPSA) is 34.1 Å². The third-order valence-corrected chi connectivity index (χ3v) is 2.43. The van der Waals surface area contributed by atoms with Gasteiger partial charge >= 0.3 is 0 Å². The predicted molar refractivity (Wildman–Crippen MR) is 55.1 cm³/mol. The third kappa shape index (κ3) is 2.79. The molecule has 0 aromatic carbocycles. The van der Waals surface area contributed by atoms with Gasteiger partial charge < -0.3 is 10.1 Å². The van der Waals surface area contributed by atoms with E-state index in [9.17, 15) is 0 Å². The number of rotatable bonds is 2. The van der Waals surface area contributed by atoms with Crippen LogP contribution >= 0.6 is 0 Å². The van der Waals surface area contributed by atoms with Crippen molar-refractivity contribution < 1.29 is 4.74 Å². The van der Waals surface area contributed by atoms with E-state index in [4.69, 9.17) is 4.74 Å². The summed E-state index contributed by atoms with van der Waals surface area (Å²) < 4.78 is 5.49. The van der Waals surface area contributed by atoms with Gasteiger partial charge in [-0.2, -0.15) is 0 Å². The molecule has 1 saturated heterocycles. The summed E-state index contributed by atoms with van der Waals surface area (Å²) in [5, 5.41) is 3.36. The Labute approximate surface area is 84.5 Å². The lowest BCUT2D eigenvalue weighted by Crippen LogP contribution is -2.24. The van der Waals surface area contributed by atoms with Gasteiger partial charge in [-0.05, 0) is 18.6 Å². The molecule has 0 spiro atoms. The fraction of sp³-hybridized carbons (Fsp3) is 0.545. The third-order valence-electron chi connectivity index (χ3n) is 2.43. The van der Waals surface area contributed by atoms with Crippen LogP contribution in [0.2, 0.25) is 0 Å². The summed E-state index contributed by atoms with van der Waals surface area (Å²) in [6, 6.07) is 6.06. The molecule has 1 unspecified atom stereocenters. The van der Waals surface area contributed by atoms with Crippen molar-refractivity contribution in [3.8, 4) is 0 Å². The number of ether oxygens (including phenoxy) is 1. The van der Waals surface area contributed by atoms with Crippen molar-refractivity contribution in [1.29, 1.82) is 0 Å². The van der Waals surface area contributed by atoms with Gasteiger partial charge in [0, 0.05) is 30.9 Å². The van der Waals surface area contributed by atoms with Crippen LogP contribution < -0.4 is 5.32 Å². The minimum atomic E-state index is 0.562. The summed E-state index contributed by atoms with van der Waals surface area (Å²) >= 11 is 0. The predicted octanol–water partition coefficient (Wildman–Crippen LogP) is 0.860. The second-order valence-electron chi connectivity index (χ2n) is 3.67. The second-order valence-corrected chi connectivity index (χ2v) is 3.67. The van der Waals surface area contributed by atoms with E-state index in [0.717, 1.165) is 38.4 Å². The highest BCUT2D eigenvalue weighted by molar-refractivity contribution is 5.04. The van der Waals surface area contributed by atoms with Gasteiger partial charge in [0.25, 0.3) is 0 Å². The Morgan fingerprint density at radius 3 is 3.36 bits per heavy atom. The normalized spacial score (nSPS) is 23.0. The zero-order chi connectivity index (χ0) is 9.64. The summed E-state index contributed by atoms with van der Waals surface area (Å²) in [5.74, 6) is 0.562. The minimum absolute atomic E-state index is 0.562. The van der Waals surface area contributed by atoms with Crippen LogP contribution in [0.3, 0.4) is 0 Å². The molecule has 0 radical (unpaired) electrons. The number of hydrogen-bond donors (Lipinski definition) is 1. The van der Waals surface area contributed by atoms with Crippen LogP contribution in [-0.4, -0.2) is 31.3 Å². The van der Waals surface area contributed by atoms with Crippen molar-refractivity contribution in [2.24, 2.45) is 5.92 Å². The van der Waals surface area contributed by atoms with Crippen LogP contribution in [0.4, 0.5) is 0 Å². The fourth-order valence-corrected chi connectivity index (χ4v) is 1.71. The maximum absolute atomic E-state index is 5.49. The van der Waals surface area contributed by atoms with E-state index in [2.05, 4.69) is 16.4 Å². The fourth-order valence-electron chi connectivity index (χ4n) is 1.71. The number of nitrogens with one attached hydrogen (secondary N) is 1. The molecule has 76 valence electrons. The Morgan fingerprint density at radius 2 is 2.50 bits per heavy atom. The molecular formula is C11H16N2O. The van der Waals surface area contributed by atoms with Gasteiger partial charge in [-0.15, -0.1) is 0 Å². The molecular weight excluding hydrogens is 176 g/mol. The molecule has 3 heteroatoms. The molecule has 1 aliphatic heterocycles. The van der Waals surface area contributed by atoms with Crippen LogP contribution in [-0.2, 0) is 11.2 Å². The number of nitrogens with zero attached hydrogens (tertiary/aromatic N) is 1. The average Bonchev–Trinajstić information content (AvgIpc) is 2.48. The van der Waals surface area contributed by atoms with E-state index in [-0.39, 0.29) is 0 Å². The molecule has 1 aliphatic rings. The smallest absolute Gasteiger partial charge is 0.0591 e. The van der Waals surface area contributed by atoms with Crippen LogP contribution in [0.25, 0.3) is 0 Å². The summed E-state index contributed by atoms with van der Waals surface area (Å²) in [6.07, 6.45) is 2.86. The van der Waals surface area contributed by atoms with Crippen LogP contribution in [0.5, 0.6) is 0 Å². The Kier molecular flexibility index (Phi) is 3.49. The molecule has 1 fully saturated rings. The first-order valence-electron chi connectivity index (χ1n) is 5.13. The van der Waals surface area contributed by atoms with E-state index in [1.165, 1.54) is 0 Å². The van der Waals surface area contributed by atoms with Crippen molar-refractivity contribution in [2.75, 3.05) is 26.3 Å². The zero-order valence-electron chi connectivity index (χ0n) is 8.28. The van der Waals surface area contributed by atoms with Gasteiger partial charge in [-0.1, -0.05) is 6.07 Å². The second kappa shape index (κ2) is 5.08. The molecule has 2 heterocycles. The molecule has 2 rings (SSSR count). The lowest BCUT2D eigenvalue weighted by molar-refractivity contribution is 0.123. The first-order valence-corrected chi connectivity index (χ1v) is 5.13. The summed E-state index contributed by atoms with van der Waals surface area (Å²) in [5.41, 5.74) is 1.16. The molecule has 0 amide bonds. The van der Waals surface area contributed by atoms with Gasteiger partial charge in [-0.25, -0.2) is 0 Å². The standard InChI is InChI=1S/C11H16N2O/c1-2-4-13-11(3-1)7-10-8-12-5-6-14-9-10/h1-4,10,12H,5-9H2. The van der Waals surface area contributed by atoms with Gasteiger partial charge in [0.1, 0.15) is 0 Å². The van der Waals surface area contributed by atoms with E-state index >= 15 is 0 Å². The van der Waals surface area contributed by atoms with Crippen LogP contribution in [0.15, 0.2) is 24.4 Å². The van der Waals surface area contributed by atoms with Gasteiger partial charge in [-0.3, -0.25) is 4.98 Å². The highest BCUT2D eigenvalue weighted by Crippen LogP contribution is 2.07. The van der Waals surface area contributed by atoms with E-state index in [0.29, 0.717) is 5.92 Å². The van der Waals surface area contributed by atoms with Crippen LogP contribution in [0, 0.1) is 5.92 Å². The molecule has 0 saturated carbocycles. The highest BCUT2D eigenvalue weighted by atomic mass is 16.5. The number of hydrogen-bond acceptors (Lipinski definition) is 3. The maximum Gasteiger partial charge on any atom is 0.0591 e. The zero-order valence-corrected chi connectivity index (χ0v) is 8.28. The van der Waals surface area contributed by atoms with E-state index in [1.54, 1.807) is 0 Å². The number of aromatic nitrogens is 1. The van der Waals surface area contributed by atoms with Crippen LogP contribution in [0.1, 0.15) is 5.69 Å². The first kappa shape index (κ1) is 9.62. The molecule has 1 atom stereocenters. The SMILES string of the molecule is c1ccc(CC2CNCCOC2)nc1. The van der Waals surface area contributed by atoms with Gasteiger partial charge in [0.2, 0.25) is 0 Å². The Morgan fingerprint density at radius 1 is 1.50 bits per heavy atom. The molecule has 14 heavy (non-hydrogen) atoms. The van der Waals surface area contributed by atoms with Gasteiger partial charge in [0.05, 0.1) is 13.2 Å². The maximum atomic E-state index is 5.49. The van der Waals surface area contributed by atoms with Crippen molar-refractivity contribution in [1.82, 2.24) is 10.3 Å². The number of pyridine rings is 1. The van der Waals surface area contributed by atoms with Crippen molar-refractivity contribution >= 4 is 0 Å². The summed E-state index contributed by atoms with van der Waals surface area (Å²) in [7, 11) is 0. The Hall–Kier alpha value is -0.930. The van der Waals surface area contributed by atoms with Crippen molar-refractivity contribution in [3.05, 3.63) is 30.1 Å². The largest absolute Gasteiger partial charge is 0.380 e. The summed E-state index contributed by atoms with van der Waals surface area (Å²) in [6.45, 7) is 3.69. The molecule has 3 nitrogen and oxygen atoms in total. The lowest BCUT2D eigenvalue weighted by atomic mass is 10.0. The molecule has 0 aliphatic carbocycles. The quantitative estimate of drug-likeness (QED) is 0.754. The van der Waals surface area contributed by atoms with Crippen molar-refractivity contribution in [3.63, 3.8) is 0 Å². The molecule has 1 N–H and O–H groups in total. The minimum Gasteiger partial charge on any atom is -0.380 e. The van der Waals surface area contributed by atoms with E-state index < -0.39 is 0 Å². The molecule has 0 bridgehead atoms. The highest BCUT2D eigenvalue weighted by Gasteiger charge is 2.12. The molecule has 1 aromatic heterocycles. The summed E-state index contributed by atoms with van der Waals surface area (Å²) in [4.78, 5) is 4.32. The lowest BCUT2D eigenvalue weighted by Gasteiger charge is -2.12. The Balaban J connectivity index is 1.90. The molecule has 1 aromatic rings. The average molecular weight is 192 g/mol. The van der Waals surface area contributed by atoms with Gasteiger partial charge in [0.15, 0.2) is 0 Å². The van der Waals surface area contributed by atoms with E-state index in [1.807, 2.05) is 18.3 Å². The monoisotopic (exact) mass is 192 g/mol.